The second-order valence-corrected chi connectivity index (χ2v) is 11.7. The Morgan fingerprint density at radius 2 is 1.70 bits per heavy atom. The standard InChI is InChI=1S/C29H37N5O2S/c1-29(2,3)32-19-26(22-7-5-4-6-8-22)33-24-13-15-34(16-14-24)20-21-17-30-28(31-18-21)37-25-11-9-23(10-12-25)27(35)36/h4-12,17-18,24,26,32-33H,13-16,19-20H2,1-3H3,(H,35,36)/t26-/m0/s1. The molecule has 0 bridgehead atoms. The smallest absolute Gasteiger partial charge is 0.335 e. The SMILES string of the molecule is CC(C)(C)NC[C@H](NC1CCN(Cc2cnc(Sc3ccc(C(=O)O)cc3)nc2)CC1)c1ccccc1. The molecule has 3 aromatic rings. The van der Waals surface area contributed by atoms with Crippen molar-refractivity contribution >= 4 is 17.7 Å². The highest BCUT2D eigenvalue weighted by molar-refractivity contribution is 7.99. The Morgan fingerprint density at radius 3 is 2.30 bits per heavy atom. The van der Waals surface area contributed by atoms with Crippen LogP contribution in [0.2, 0.25) is 0 Å². The van der Waals surface area contributed by atoms with Crippen LogP contribution in [0.3, 0.4) is 0 Å². The minimum atomic E-state index is -0.925. The predicted molar refractivity (Wildman–Crippen MR) is 148 cm³/mol. The van der Waals surface area contributed by atoms with Crippen LogP contribution in [0.15, 0.2) is 77.0 Å². The largest absolute Gasteiger partial charge is 0.478 e. The summed E-state index contributed by atoms with van der Waals surface area (Å²) in [5, 5.41) is 17.3. The summed E-state index contributed by atoms with van der Waals surface area (Å²) in [4.78, 5) is 23.4. The average molecular weight is 520 g/mol. The zero-order valence-electron chi connectivity index (χ0n) is 21.9. The number of nitrogens with one attached hydrogen (secondary N) is 2. The van der Waals surface area contributed by atoms with Crippen molar-refractivity contribution in [1.82, 2.24) is 25.5 Å². The molecule has 1 aliphatic rings. The van der Waals surface area contributed by atoms with E-state index in [-0.39, 0.29) is 17.1 Å². The van der Waals surface area contributed by atoms with Crippen LogP contribution < -0.4 is 10.6 Å². The Kier molecular flexibility index (Phi) is 9.32. The first kappa shape index (κ1) is 27.3. The van der Waals surface area contributed by atoms with E-state index in [2.05, 4.69) is 76.6 Å². The summed E-state index contributed by atoms with van der Waals surface area (Å²) in [6.45, 7) is 10.5. The molecule has 1 aliphatic heterocycles. The summed E-state index contributed by atoms with van der Waals surface area (Å²) in [6.07, 6.45) is 6.02. The predicted octanol–water partition coefficient (Wildman–Crippen LogP) is 5.01. The van der Waals surface area contributed by atoms with E-state index in [0.29, 0.717) is 11.2 Å². The lowest BCUT2D eigenvalue weighted by molar-refractivity contribution is 0.0697. The van der Waals surface area contributed by atoms with Gasteiger partial charge in [-0.05, 0) is 88.3 Å². The van der Waals surface area contributed by atoms with Gasteiger partial charge in [-0.2, -0.15) is 0 Å². The Morgan fingerprint density at radius 1 is 1.05 bits per heavy atom. The summed E-state index contributed by atoms with van der Waals surface area (Å²) < 4.78 is 0. The fraction of sp³-hybridized carbons (Fsp3) is 0.414. The third-order valence-corrected chi connectivity index (χ3v) is 7.36. The van der Waals surface area contributed by atoms with Crippen LogP contribution in [0.5, 0.6) is 0 Å². The first-order valence-electron chi connectivity index (χ1n) is 12.9. The van der Waals surface area contributed by atoms with Crippen molar-refractivity contribution in [1.29, 1.82) is 0 Å². The van der Waals surface area contributed by atoms with Crippen LogP contribution in [-0.2, 0) is 6.54 Å². The Bertz CT molecular complexity index is 1130. The van der Waals surface area contributed by atoms with E-state index in [4.69, 9.17) is 5.11 Å². The molecule has 0 unspecified atom stereocenters. The van der Waals surface area contributed by atoms with Crippen molar-refractivity contribution in [3.8, 4) is 0 Å². The summed E-state index contributed by atoms with van der Waals surface area (Å²) in [5.41, 5.74) is 2.79. The second-order valence-electron chi connectivity index (χ2n) is 10.6. The molecule has 0 aliphatic carbocycles. The molecule has 8 heteroatoms. The van der Waals surface area contributed by atoms with E-state index in [1.165, 1.54) is 17.3 Å². The molecule has 2 heterocycles. The molecule has 1 fully saturated rings. The van der Waals surface area contributed by atoms with Gasteiger partial charge in [-0.3, -0.25) is 4.90 Å². The second kappa shape index (κ2) is 12.6. The van der Waals surface area contributed by atoms with Crippen molar-refractivity contribution in [2.75, 3.05) is 19.6 Å². The minimum Gasteiger partial charge on any atom is -0.478 e. The zero-order chi connectivity index (χ0) is 26.3. The van der Waals surface area contributed by atoms with Gasteiger partial charge in [-0.1, -0.05) is 30.3 Å². The van der Waals surface area contributed by atoms with Crippen molar-refractivity contribution < 1.29 is 9.90 Å². The van der Waals surface area contributed by atoms with Crippen LogP contribution in [0, 0.1) is 0 Å². The molecule has 7 nitrogen and oxygen atoms in total. The van der Waals surface area contributed by atoms with E-state index < -0.39 is 5.97 Å². The maximum absolute atomic E-state index is 11.0. The molecule has 2 aromatic carbocycles. The first-order valence-corrected chi connectivity index (χ1v) is 13.7. The number of carboxylic acid groups (broad SMARTS) is 1. The van der Waals surface area contributed by atoms with Crippen LogP contribution in [0.4, 0.5) is 0 Å². The van der Waals surface area contributed by atoms with Crippen molar-refractivity contribution in [3.05, 3.63) is 83.7 Å². The highest BCUT2D eigenvalue weighted by Gasteiger charge is 2.24. The molecule has 1 aromatic heterocycles. The van der Waals surface area contributed by atoms with Crippen molar-refractivity contribution in [2.45, 2.75) is 67.8 Å². The topological polar surface area (TPSA) is 90.4 Å². The number of aromatic carboxylic acids is 1. The third-order valence-electron chi connectivity index (χ3n) is 6.46. The van der Waals surface area contributed by atoms with E-state index >= 15 is 0 Å². The molecule has 0 spiro atoms. The molecule has 0 radical (unpaired) electrons. The van der Waals surface area contributed by atoms with E-state index in [1.54, 1.807) is 24.3 Å². The lowest BCUT2D eigenvalue weighted by Crippen LogP contribution is -2.47. The molecule has 1 atom stereocenters. The van der Waals surface area contributed by atoms with Gasteiger partial charge in [0.05, 0.1) is 5.56 Å². The number of piperidine rings is 1. The van der Waals surface area contributed by atoms with Gasteiger partial charge >= 0.3 is 5.97 Å². The van der Waals surface area contributed by atoms with Crippen LogP contribution in [0.25, 0.3) is 0 Å². The highest BCUT2D eigenvalue weighted by atomic mass is 32.2. The average Bonchev–Trinajstić information content (AvgIpc) is 2.89. The summed E-state index contributed by atoms with van der Waals surface area (Å²) in [6, 6.07) is 18.3. The van der Waals surface area contributed by atoms with E-state index in [1.807, 2.05) is 12.4 Å². The van der Waals surface area contributed by atoms with Gasteiger partial charge in [0.2, 0.25) is 0 Å². The fourth-order valence-corrected chi connectivity index (χ4v) is 5.11. The molecule has 3 N–H and O–H groups in total. The lowest BCUT2D eigenvalue weighted by atomic mass is 9.99. The summed E-state index contributed by atoms with van der Waals surface area (Å²) in [5.74, 6) is -0.925. The van der Waals surface area contributed by atoms with Crippen LogP contribution in [0.1, 0.15) is 61.1 Å². The number of hydrogen-bond donors (Lipinski definition) is 3. The minimum absolute atomic E-state index is 0.0825. The number of carbonyl (C=O) groups is 1. The Labute approximate surface area is 224 Å². The van der Waals surface area contributed by atoms with Gasteiger partial charge in [-0.25, -0.2) is 14.8 Å². The molecule has 196 valence electrons. The Balaban J connectivity index is 1.26. The fourth-order valence-electron chi connectivity index (χ4n) is 4.42. The third kappa shape index (κ3) is 8.64. The maximum atomic E-state index is 11.0. The number of aromatic nitrogens is 2. The molecule has 37 heavy (non-hydrogen) atoms. The lowest BCUT2D eigenvalue weighted by Gasteiger charge is -2.35. The number of carboxylic acids is 1. The number of hydrogen-bond acceptors (Lipinski definition) is 7. The van der Waals surface area contributed by atoms with Gasteiger partial charge in [-0.15, -0.1) is 0 Å². The molecule has 0 amide bonds. The van der Waals surface area contributed by atoms with E-state index in [0.717, 1.165) is 49.5 Å². The van der Waals surface area contributed by atoms with Gasteiger partial charge in [0.1, 0.15) is 0 Å². The Hall–Kier alpha value is -2.78. The first-order chi connectivity index (χ1) is 17.7. The molecule has 1 saturated heterocycles. The van der Waals surface area contributed by atoms with Crippen molar-refractivity contribution in [2.24, 2.45) is 0 Å². The van der Waals surface area contributed by atoms with Crippen LogP contribution in [-0.4, -0.2) is 57.2 Å². The van der Waals surface area contributed by atoms with Crippen LogP contribution >= 0.6 is 11.8 Å². The molecule has 4 rings (SSSR count). The van der Waals surface area contributed by atoms with Gasteiger partial charge in [0.15, 0.2) is 5.16 Å². The van der Waals surface area contributed by atoms with Crippen molar-refractivity contribution in [3.63, 3.8) is 0 Å². The zero-order valence-corrected chi connectivity index (χ0v) is 22.7. The van der Waals surface area contributed by atoms with E-state index in [9.17, 15) is 4.79 Å². The quantitative estimate of drug-likeness (QED) is 0.322. The maximum Gasteiger partial charge on any atom is 0.335 e. The van der Waals surface area contributed by atoms with Gasteiger partial charge < -0.3 is 15.7 Å². The summed E-state index contributed by atoms with van der Waals surface area (Å²) in [7, 11) is 0. The number of nitrogens with zero attached hydrogens (tertiary/aromatic N) is 3. The number of likely N-dealkylation sites (tertiary alicyclic amines) is 1. The van der Waals surface area contributed by atoms with Gasteiger partial charge in [0, 0.05) is 53.6 Å². The molecular formula is C29H37N5O2S. The normalized spacial score (nSPS) is 16.0. The van der Waals surface area contributed by atoms with Gasteiger partial charge in [0.25, 0.3) is 0 Å². The summed E-state index contributed by atoms with van der Waals surface area (Å²) >= 11 is 1.43. The molecule has 0 saturated carbocycles. The molecular weight excluding hydrogens is 482 g/mol. The monoisotopic (exact) mass is 519 g/mol. The number of benzene rings is 2. The highest BCUT2D eigenvalue weighted by Crippen LogP contribution is 2.25. The number of rotatable bonds is 10.